The molecule has 238 valence electrons. The first-order valence-electron chi connectivity index (χ1n) is 14.3. The van der Waals surface area contributed by atoms with Crippen LogP contribution >= 0.6 is 11.8 Å². The zero-order valence-electron chi connectivity index (χ0n) is 24.5. The Morgan fingerprint density at radius 3 is 1.78 bits per heavy atom. The maximum atomic E-state index is 13.8. The number of hydrogen-bond donors (Lipinski definition) is 8. The van der Waals surface area contributed by atoms with Crippen molar-refractivity contribution in [2.75, 3.05) is 12.0 Å². The Kier molecular flexibility index (Phi) is 11.2. The molecule has 4 unspecified atom stereocenters. The van der Waals surface area contributed by atoms with Gasteiger partial charge in [-0.25, -0.2) is 4.79 Å². The van der Waals surface area contributed by atoms with Crippen molar-refractivity contribution in [1.29, 1.82) is 0 Å². The molecule has 9 N–H and O–H groups in total. The van der Waals surface area contributed by atoms with Crippen LogP contribution in [-0.4, -0.2) is 86.0 Å². The summed E-state index contributed by atoms with van der Waals surface area (Å²) in [6.45, 7) is 0. The third-order valence-electron chi connectivity index (χ3n) is 7.42. The van der Waals surface area contributed by atoms with E-state index in [1.54, 1.807) is 12.4 Å². The molecule has 13 nitrogen and oxygen atoms in total. The van der Waals surface area contributed by atoms with E-state index in [2.05, 4.69) is 25.9 Å². The molecule has 0 spiro atoms. The first-order valence-corrected chi connectivity index (χ1v) is 15.7. The second-order valence-electron chi connectivity index (χ2n) is 10.6. The molecule has 0 aliphatic rings. The van der Waals surface area contributed by atoms with E-state index in [1.165, 1.54) is 11.8 Å². The molecule has 0 aliphatic carbocycles. The maximum absolute atomic E-state index is 13.8. The summed E-state index contributed by atoms with van der Waals surface area (Å²) in [5.41, 5.74) is 8.76. The van der Waals surface area contributed by atoms with Gasteiger partial charge in [-0.3, -0.25) is 19.2 Å². The number of amides is 3. The third kappa shape index (κ3) is 8.64. The minimum absolute atomic E-state index is 0.00723. The topological polar surface area (TPSA) is 219 Å². The molecule has 3 amide bonds. The number of fused-ring (bicyclic) bond motifs is 2. The molecule has 0 radical (unpaired) electrons. The number of carbonyl (C=O) groups excluding carboxylic acids is 3. The fourth-order valence-corrected chi connectivity index (χ4v) is 5.53. The quantitative estimate of drug-likeness (QED) is 0.0892. The van der Waals surface area contributed by atoms with Gasteiger partial charge in [0.25, 0.3) is 0 Å². The van der Waals surface area contributed by atoms with Gasteiger partial charge in [-0.2, -0.15) is 11.8 Å². The molecule has 2 aromatic carbocycles. The first kappa shape index (κ1) is 33.1. The normalized spacial score (nSPS) is 13.9. The number of carbonyl (C=O) groups is 5. The molecule has 45 heavy (non-hydrogen) atoms. The highest BCUT2D eigenvalue weighted by Crippen LogP contribution is 2.21. The van der Waals surface area contributed by atoms with Crippen LogP contribution in [0, 0.1) is 0 Å². The summed E-state index contributed by atoms with van der Waals surface area (Å²) in [4.78, 5) is 69.5. The Hall–Kier alpha value is -4.82. The van der Waals surface area contributed by atoms with E-state index in [0.717, 1.165) is 21.8 Å². The Morgan fingerprint density at radius 1 is 0.756 bits per heavy atom. The van der Waals surface area contributed by atoms with Gasteiger partial charge < -0.3 is 41.9 Å². The van der Waals surface area contributed by atoms with Crippen molar-refractivity contribution in [3.8, 4) is 0 Å². The number of aromatic amines is 2. The zero-order valence-corrected chi connectivity index (χ0v) is 25.4. The van der Waals surface area contributed by atoms with E-state index < -0.39 is 60.2 Å². The summed E-state index contributed by atoms with van der Waals surface area (Å²) in [6, 6.07) is 9.80. The van der Waals surface area contributed by atoms with E-state index in [1.807, 2.05) is 54.8 Å². The third-order valence-corrected chi connectivity index (χ3v) is 8.06. The molecule has 4 rings (SSSR count). The highest BCUT2D eigenvalue weighted by Gasteiger charge is 2.31. The zero-order chi connectivity index (χ0) is 32.5. The van der Waals surface area contributed by atoms with Crippen LogP contribution in [0.5, 0.6) is 0 Å². The van der Waals surface area contributed by atoms with Crippen LogP contribution in [0.15, 0.2) is 60.9 Å². The van der Waals surface area contributed by atoms with Gasteiger partial charge in [-0.05, 0) is 41.7 Å². The summed E-state index contributed by atoms with van der Waals surface area (Å²) >= 11 is 1.43. The first-order chi connectivity index (χ1) is 21.6. The molecule has 0 saturated heterocycles. The van der Waals surface area contributed by atoms with Crippen molar-refractivity contribution < 1.29 is 34.2 Å². The second kappa shape index (κ2) is 15.3. The fourth-order valence-electron chi connectivity index (χ4n) is 5.06. The molecule has 0 aliphatic heterocycles. The Balaban J connectivity index is 1.58. The average Bonchev–Trinajstić information content (AvgIpc) is 3.62. The SMILES string of the molecule is CSCCC(NC(=O)C(N)CC(=O)O)C(=O)NC(Cc1c[nH]c2ccccc12)C(=O)NC(Cc1c[nH]c2ccccc12)C(=O)O. The van der Waals surface area contributed by atoms with E-state index in [-0.39, 0.29) is 19.3 Å². The highest BCUT2D eigenvalue weighted by atomic mass is 32.2. The number of rotatable bonds is 16. The summed E-state index contributed by atoms with van der Waals surface area (Å²) in [7, 11) is 0. The van der Waals surface area contributed by atoms with E-state index in [4.69, 9.17) is 10.8 Å². The number of H-pyrrole nitrogens is 2. The molecule has 4 atom stereocenters. The Bertz CT molecular complexity index is 1680. The molecule has 0 saturated carbocycles. The number of aromatic nitrogens is 2. The van der Waals surface area contributed by atoms with E-state index in [0.29, 0.717) is 16.9 Å². The number of aliphatic carboxylic acids is 2. The molecular formula is C31H36N6O7S. The van der Waals surface area contributed by atoms with Crippen LogP contribution in [0.2, 0.25) is 0 Å². The number of thioether (sulfide) groups is 1. The van der Waals surface area contributed by atoms with Crippen LogP contribution in [0.1, 0.15) is 24.0 Å². The number of nitrogens with two attached hydrogens (primary N) is 1. The summed E-state index contributed by atoms with van der Waals surface area (Å²) in [5, 5.41) is 28.5. The van der Waals surface area contributed by atoms with Crippen LogP contribution in [0.3, 0.4) is 0 Å². The van der Waals surface area contributed by atoms with Gasteiger partial charge in [0.15, 0.2) is 0 Å². The van der Waals surface area contributed by atoms with Crippen molar-refractivity contribution >= 4 is 63.2 Å². The smallest absolute Gasteiger partial charge is 0.326 e. The Labute approximate surface area is 262 Å². The van der Waals surface area contributed by atoms with Gasteiger partial charge in [-0.1, -0.05) is 36.4 Å². The lowest BCUT2D eigenvalue weighted by Crippen LogP contribution is -2.58. The highest BCUT2D eigenvalue weighted by molar-refractivity contribution is 7.98. The number of nitrogens with one attached hydrogen (secondary N) is 5. The largest absolute Gasteiger partial charge is 0.481 e. The van der Waals surface area contributed by atoms with E-state index >= 15 is 0 Å². The van der Waals surface area contributed by atoms with Gasteiger partial charge >= 0.3 is 11.9 Å². The molecule has 14 heteroatoms. The maximum Gasteiger partial charge on any atom is 0.326 e. The van der Waals surface area contributed by atoms with Crippen molar-refractivity contribution in [1.82, 2.24) is 25.9 Å². The standard InChI is InChI=1S/C31H36N6O7S/c1-45-11-10-24(35-28(40)21(32)14-27(38)39)29(41)36-25(12-17-15-33-22-8-4-2-6-19(17)22)30(42)37-26(31(43)44)13-18-16-34-23-9-5-3-7-20(18)23/h2-9,15-16,21,24-26,33-34H,10-14,32H2,1H3,(H,35,40)(H,36,41)(H,37,42)(H,38,39)(H,43,44). The van der Waals surface area contributed by atoms with Crippen molar-refractivity contribution in [2.45, 2.75) is 49.9 Å². The molecule has 4 aromatic rings. The number of hydrogen-bond acceptors (Lipinski definition) is 7. The van der Waals surface area contributed by atoms with Gasteiger partial charge in [-0.15, -0.1) is 0 Å². The molecular weight excluding hydrogens is 600 g/mol. The number of carboxylic acid groups (broad SMARTS) is 2. The van der Waals surface area contributed by atoms with Crippen molar-refractivity contribution in [3.63, 3.8) is 0 Å². The Morgan fingerprint density at radius 2 is 1.24 bits per heavy atom. The summed E-state index contributed by atoms with van der Waals surface area (Å²) in [6.07, 6.45) is 4.80. The molecule has 2 aromatic heterocycles. The molecule has 2 heterocycles. The minimum Gasteiger partial charge on any atom is -0.481 e. The monoisotopic (exact) mass is 636 g/mol. The van der Waals surface area contributed by atoms with Gasteiger partial charge in [0.1, 0.15) is 18.1 Å². The van der Waals surface area contributed by atoms with Crippen LogP contribution in [0.25, 0.3) is 21.8 Å². The van der Waals surface area contributed by atoms with Crippen LogP contribution in [-0.2, 0) is 36.8 Å². The number of para-hydroxylation sites is 2. The van der Waals surface area contributed by atoms with Crippen LogP contribution < -0.4 is 21.7 Å². The van der Waals surface area contributed by atoms with Crippen LogP contribution in [0.4, 0.5) is 0 Å². The van der Waals surface area contributed by atoms with Crippen molar-refractivity contribution in [2.24, 2.45) is 5.73 Å². The fraction of sp³-hybridized carbons (Fsp3) is 0.323. The van der Waals surface area contributed by atoms with Gasteiger partial charge in [0.2, 0.25) is 17.7 Å². The number of carboxylic acids is 2. The lowest BCUT2D eigenvalue weighted by molar-refractivity contribution is -0.142. The van der Waals surface area contributed by atoms with Crippen molar-refractivity contribution in [3.05, 3.63) is 72.1 Å². The lowest BCUT2D eigenvalue weighted by atomic mass is 10.0. The lowest BCUT2D eigenvalue weighted by Gasteiger charge is -2.25. The molecule has 0 bridgehead atoms. The summed E-state index contributed by atoms with van der Waals surface area (Å²) < 4.78 is 0. The average molecular weight is 637 g/mol. The van der Waals surface area contributed by atoms with E-state index in [9.17, 15) is 29.1 Å². The summed E-state index contributed by atoms with van der Waals surface area (Å²) in [5.74, 6) is -4.28. The predicted molar refractivity (Wildman–Crippen MR) is 171 cm³/mol. The molecule has 0 fully saturated rings. The minimum atomic E-state index is -1.38. The number of benzene rings is 2. The second-order valence-corrected chi connectivity index (χ2v) is 11.6. The van der Waals surface area contributed by atoms with Gasteiger partial charge in [0, 0.05) is 47.0 Å². The predicted octanol–water partition coefficient (Wildman–Crippen LogP) is 1.53. The van der Waals surface area contributed by atoms with Gasteiger partial charge in [0.05, 0.1) is 12.5 Å².